The van der Waals surface area contributed by atoms with Crippen molar-refractivity contribution in [3.8, 4) is 0 Å². The molecule has 0 N–H and O–H groups in total. The smallest absolute Gasteiger partial charge is 0.138 e. The van der Waals surface area contributed by atoms with Gasteiger partial charge in [-0.15, -0.1) is 21.0 Å². The molecule has 0 unspecified atom stereocenters. The first-order chi connectivity index (χ1) is 5.20. The fourth-order valence-corrected chi connectivity index (χ4v) is 2.39. The van der Waals surface area contributed by atoms with Crippen molar-refractivity contribution >= 4 is 32.2 Å². The summed E-state index contributed by atoms with van der Waals surface area (Å²) in [4.78, 5) is 1.34. The van der Waals surface area contributed by atoms with Crippen LogP contribution in [-0.2, 0) is 36.1 Å². The Morgan fingerprint density at radius 1 is 1.25 bits per heavy atom. The van der Waals surface area contributed by atoms with Gasteiger partial charge in [-0.3, -0.25) is 0 Å². The van der Waals surface area contributed by atoms with E-state index in [1.54, 1.807) is 24.3 Å². The maximum Gasteiger partial charge on any atom is 0.478 e. The Kier molecular flexibility index (Phi) is 5.75. The summed E-state index contributed by atoms with van der Waals surface area (Å²) in [5.74, 6) is 0. The molecule has 0 saturated carbocycles. The molecule has 0 aliphatic rings. The normalized spacial score (nSPS) is 8.42. The number of rotatable bonds is 1. The zero-order valence-electron chi connectivity index (χ0n) is 5.71. The van der Waals surface area contributed by atoms with Gasteiger partial charge in [-0.2, -0.15) is 0 Å². The Hall–Kier alpha value is 0.104. The molecule has 0 saturated heterocycles. The molecule has 0 spiro atoms. The topological polar surface area (TPSA) is 34.1 Å². The van der Waals surface area contributed by atoms with Crippen molar-refractivity contribution in [2.75, 3.05) is 0 Å². The molecule has 0 heterocycles. The largest absolute Gasteiger partial charge is 0.478 e. The molecule has 12 heavy (non-hydrogen) atoms. The molecular formula is C6H5NiO2S3+. The Morgan fingerprint density at radius 3 is 2.33 bits per heavy atom. The van der Waals surface area contributed by atoms with Crippen molar-refractivity contribution < 1.29 is 24.9 Å². The van der Waals surface area contributed by atoms with Gasteiger partial charge < -0.3 is 0 Å². The molecule has 2 nitrogen and oxygen atoms in total. The standard InChI is InChI=1S/C6H4O2S3.Ni/c7-11(8)10-6-4-2-1-3-5(6)9;/h1-4H;/p+1. The molecule has 6 heteroatoms. The van der Waals surface area contributed by atoms with Crippen molar-refractivity contribution in [3.63, 3.8) is 0 Å². The minimum Gasteiger partial charge on any atom is -0.138 e. The van der Waals surface area contributed by atoms with Crippen LogP contribution in [0.15, 0.2) is 34.1 Å². The van der Waals surface area contributed by atoms with E-state index >= 15 is 0 Å². The van der Waals surface area contributed by atoms with Crippen LogP contribution in [0.25, 0.3) is 0 Å². The Balaban J connectivity index is 0.00000121. The predicted octanol–water partition coefficient (Wildman–Crippen LogP) is 1.21. The van der Waals surface area contributed by atoms with Crippen LogP contribution >= 0.6 is 12.6 Å². The summed E-state index contributed by atoms with van der Waals surface area (Å²) in [5.41, 5.74) is 0. The van der Waals surface area contributed by atoms with Gasteiger partial charge in [-0.1, -0.05) is 12.1 Å². The molecule has 0 atom stereocenters. The van der Waals surface area contributed by atoms with E-state index in [1.807, 2.05) is 0 Å². The maximum atomic E-state index is 10.2. The van der Waals surface area contributed by atoms with Gasteiger partial charge in [0.05, 0.1) is 4.90 Å². The second kappa shape index (κ2) is 5.70. The number of hydrogen-bond donors (Lipinski definition) is 1. The van der Waals surface area contributed by atoms with Crippen LogP contribution in [0.5, 0.6) is 0 Å². The summed E-state index contributed by atoms with van der Waals surface area (Å²) in [6.45, 7) is 0. The molecule has 0 bridgehead atoms. The number of hydrogen-bond acceptors (Lipinski definition) is 3. The number of thiol groups is 1. The van der Waals surface area contributed by atoms with Gasteiger partial charge in [0.1, 0.15) is 0 Å². The second-order valence-electron chi connectivity index (χ2n) is 1.76. The third-order valence-corrected chi connectivity index (χ3v) is 3.18. The quantitative estimate of drug-likeness (QED) is 0.470. The average molecular weight is 264 g/mol. The fraction of sp³-hybridized carbons (Fsp3) is 0. The molecule has 1 aromatic rings. The van der Waals surface area contributed by atoms with Crippen molar-refractivity contribution in [2.45, 2.75) is 9.79 Å². The molecule has 0 radical (unpaired) electrons. The zero-order chi connectivity index (χ0) is 8.27. The van der Waals surface area contributed by atoms with Crippen molar-refractivity contribution in [1.29, 1.82) is 0 Å². The minimum atomic E-state index is -2.11. The first kappa shape index (κ1) is 12.1. The Bertz CT molecular complexity index is 378. The van der Waals surface area contributed by atoms with Crippen molar-refractivity contribution in [3.05, 3.63) is 24.3 Å². The monoisotopic (exact) mass is 263 g/mol. The molecule has 0 aromatic heterocycles. The van der Waals surface area contributed by atoms with E-state index in [4.69, 9.17) is 0 Å². The van der Waals surface area contributed by atoms with E-state index in [1.165, 1.54) is 0 Å². The van der Waals surface area contributed by atoms with Gasteiger partial charge in [0.2, 0.25) is 0 Å². The predicted molar refractivity (Wildman–Crippen MR) is 48.2 cm³/mol. The van der Waals surface area contributed by atoms with E-state index in [0.29, 0.717) is 9.79 Å². The Labute approximate surface area is 90.9 Å². The van der Waals surface area contributed by atoms with Crippen LogP contribution in [0.3, 0.4) is 0 Å². The molecule has 68 valence electrons. The van der Waals surface area contributed by atoms with Crippen LogP contribution in [-0.4, -0.2) is 8.42 Å². The summed E-state index contributed by atoms with van der Waals surface area (Å²) < 4.78 is 20.5. The Morgan fingerprint density at radius 2 is 1.83 bits per heavy atom. The third-order valence-electron chi connectivity index (χ3n) is 1.02. The average Bonchev–Trinajstić information content (AvgIpc) is 1.93. The van der Waals surface area contributed by atoms with Gasteiger partial charge in [0.15, 0.2) is 0 Å². The molecule has 1 rings (SSSR count). The molecule has 1 aromatic carbocycles. The van der Waals surface area contributed by atoms with Crippen LogP contribution in [0.2, 0.25) is 0 Å². The third kappa shape index (κ3) is 3.67. The van der Waals surface area contributed by atoms with Crippen LogP contribution in [0.4, 0.5) is 0 Å². The summed E-state index contributed by atoms with van der Waals surface area (Å²) in [7, 11) is -1.34. The van der Waals surface area contributed by atoms with Gasteiger partial charge in [0.25, 0.3) is 4.90 Å². The minimum absolute atomic E-state index is 0. The second-order valence-corrected chi connectivity index (χ2v) is 4.57. The molecule has 0 amide bonds. The first-order valence-corrected chi connectivity index (χ1v) is 5.61. The first-order valence-electron chi connectivity index (χ1n) is 2.76. The SMILES string of the molecule is O=S(=O)=[S+]c1ccccc1S.[Ni]. The van der Waals surface area contributed by atoms with Crippen LogP contribution in [0.1, 0.15) is 0 Å². The molecular weight excluding hydrogens is 259 g/mol. The van der Waals surface area contributed by atoms with Crippen molar-refractivity contribution in [2.24, 2.45) is 0 Å². The van der Waals surface area contributed by atoms with E-state index in [2.05, 4.69) is 12.6 Å². The molecule has 0 aliphatic heterocycles. The summed E-state index contributed by atoms with van der Waals surface area (Å²) >= 11 is 4.08. The van der Waals surface area contributed by atoms with Crippen molar-refractivity contribution in [1.82, 2.24) is 0 Å². The maximum absolute atomic E-state index is 10.2. The van der Waals surface area contributed by atoms with E-state index in [-0.39, 0.29) is 16.5 Å². The van der Waals surface area contributed by atoms with E-state index < -0.39 is 9.26 Å². The van der Waals surface area contributed by atoms with E-state index in [9.17, 15) is 8.42 Å². The van der Waals surface area contributed by atoms with Gasteiger partial charge in [-0.05, 0) is 6.07 Å². The number of benzene rings is 1. The van der Waals surface area contributed by atoms with Crippen LogP contribution in [0, 0.1) is 0 Å². The fourth-order valence-electron chi connectivity index (χ4n) is 0.601. The summed E-state index contributed by atoms with van der Waals surface area (Å²) in [5, 5.41) is 0. The van der Waals surface area contributed by atoms with Gasteiger partial charge in [0, 0.05) is 22.6 Å². The molecule has 0 fully saturated rings. The summed E-state index contributed by atoms with van der Waals surface area (Å²) in [6, 6.07) is 7.04. The van der Waals surface area contributed by atoms with Gasteiger partial charge >= 0.3 is 19.6 Å². The molecule has 0 aliphatic carbocycles. The van der Waals surface area contributed by atoms with Crippen LogP contribution < -0.4 is 0 Å². The summed E-state index contributed by atoms with van der Waals surface area (Å²) in [6.07, 6.45) is 0. The van der Waals surface area contributed by atoms with E-state index in [0.717, 1.165) is 10.3 Å². The van der Waals surface area contributed by atoms with Gasteiger partial charge in [-0.25, -0.2) is 0 Å². The zero-order valence-corrected chi connectivity index (χ0v) is 9.22.